The zero-order valence-electron chi connectivity index (χ0n) is 8.79. The highest BCUT2D eigenvalue weighted by molar-refractivity contribution is 6.31. The molecule has 0 radical (unpaired) electrons. The van der Waals surface area contributed by atoms with Crippen LogP contribution >= 0.6 is 11.6 Å². The Labute approximate surface area is 98.7 Å². The van der Waals surface area contributed by atoms with E-state index in [0.29, 0.717) is 0 Å². The first kappa shape index (κ1) is 10.00. The largest absolute Gasteiger partial charge is 0.474 e. The van der Waals surface area contributed by atoms with Crippen LogP contribution < -0.4 is 10.1 Å². The van der Waals surface area contributed by atoms with Crippen molar-refractivity contribution in [2.75, 3.05) is 13.1 Å². The number of aromatic nitrogens is 1. The monoisotopic (exact) mass is 236 g/mol. The first-order valence-electron chi connectivity index (χ1n) is 5.47. The maximum absolute atomic E-state index is 5.93. The summed E-state index contributed by atoms with van der Waals surface area (Å²) in [5.41, 5.74) is 1.06. The minimum absolute atomic E-state index is 0.281. The summed E-state index contributed by atoms with van der Waals surface area (Å²) in [5, 5.41) is 5.12. The number of nitrogens with one attached hydrogen (secondary N) is 2. The van der Waals surface area contributed by atoms with E-state index in [9.17, 15) is 0 Å². The number of hydrogen-bond acceptors (Lipinski definition) is 2. The number of H-pyrrole nitrogens is 1. The topological polar surface area (TPSA) is 37.0 Å². The SMILES string of the molecule is Clc1ccc2[nH]c(OC3CCNC3)cc2c1. The van der Waals surface area contributed by atoms with E-state index in [4.69, 9.17) is 16.3 Å². The van der Waals surface area contributed by atoms with Crippen molar-refractivity contribution in [1.82, 2.24) is 10.3 Å². The number of benzene rings is 1. The standard InChI is InChI=1S/C12H13ClN2O/c13-9-1-2-11-8(5-9)6-12(15-11)16-10-3-4-14-7-10/h1-2,5-6,10,14-15H,3-4,7H2. The van der Waals surface area contributed by atoms with Gasteiger partial charge in [-0.15, -0.1) is 0 Å². The molecule has 0 saturated carbocycles. The number of halogens is 1. The zero-order chi connectivity index (χ0) is 11.0. The first-order chi connectivity index (χ1) is 7.81. The highest BCUT2D eigenvalue weighted by Crippen LogP contribution is 2.24. The lowest BCUT2D eigenvalue weighted by atomic mass is 10.2. The van der Waals surface area contributed by atoms with Gasteiger partial charge in [0.25, 0.3) is 0 Å². The molecule has 3 nitrogen and oxygen atoms in total. The van der Waals surface area contributed by atoms with Gasteiger partial charge >= 0.3 is 0 Å². The molecule has 1 fully saturated rings. The van der Waals surface area contributed by atoms with Crippen LogP contribution in [0.5, 0.6) is 5.88 Å². The third kappa shape index (κ3) is 1.88. The molecule has 0 spiro atoms. The van der Waals surface area contributed by atoms with Crippen LogP contribution in [0.2, 0.25) is 5.02 Å². The van der Waals surface area contributed by atoms with Crippen LogP contribution in [0.25, 0.3) is 10.9 Å². The van der Waals surface area contributed by atoms with Gasteiger partial charge in [-0.05, 0) is 31.2 Å². The average Bonchev–Trinajstić information content (AvgIpc) is 2.86. The Morgan fingerprint density at radius 1 is 1.31 bits per heavy atom. The normalized spacial score (nSPS) is 20.4. The van der Waals surface area contributed by atoms with Crippen molar-refractivity contribution in [1.29, 1.82) is 0 Å². The molecule has 84 valence electrons. The third-order valence-corrected chi connectivity index (χ3v) is 3.10. The Morgan fingerprint density at radius 3 is 3.06 bits per heavy atom. The molecular formula is C12H13ClN2O. The molecule has 1 saturated heterocycles. The molecule has 16 heavy (non-hydrogen) atoms. The van der Waals surface area contributed by atoms with Crippen LogP contribution in [0.15, 0.2) is 24.3 Å². The van der Waals surface area contributed by atoms with Crippen LogP contribution in [0.4, 0.5) is 0 Å². The van der Waals surface area contributed by atoms with Gasteiger partial charge < -0.3 is 15.0 Å². The fourth-order valence-corrected chi connectivity index (χ4v) is 2.23. The summed E-state index contributed by atoms with van der Waals surface area (Å²) >= 11 is 5.93. The predicted molar refractivity (Wildman–Crippen MR) is 65.2 cm³/mol. The lowest BCUT2D eigenvalue weighted by Crippen LogP contribution is -2.19. The van der Waals surface area contributed by atoms with E-state index < -0.39 is 0 Å². The summed E-state index contributed by atoms with van der Waals surface area (Å²) in [4.78, 5) is 3.24. The minimum Gasteiger partial charge on any atom is -0.474 e. The van der Waals surface area contributed by atoms with Crippen LogP contribution in [0.1, 0.15) is 6.42 Å². The summed E-state index contributed by atoms with van der Waals surface area (Å²) in [7, 11) is 0. The molecule has 1 atom stereocenters. The smallest absolute Gasteiger partial charge is 0.192 e. The molecule has 0 aliphatic carbocycles. The number of ether oxygens (including phenoxy) is 1. The number of aromatic amines is 1. The van der Waals surface area contributed by atoms with E-state index in [1.807, 2.05) is 24.3 Å². The quantitative estimate of drug-likeness (QED) is 0.841. The van der Waals surface area contributed by atoms with E-state index in [2.05, 4.69) is 10.3 Å². The van der Waals surface area contributed by atoms with Crippen molar-refractivity contribution in [2.24, 2.45) is 0 Å². The van der Waals surface area contributed by atoms with Crippen LogP contribution in [-0.4, -0.2) is 24.2 Å². The van der Waals surface area contributed by atoms with E-state index in [0.717, 1.165) is 41.3 Å². The molecule has 0 bridgehead atoms. The van der Waals surface area contributed by atoms with Crippen molar-refractivity contribution in [3.63, 3.8) is 0 Å². The molecule has 1 aromatic heterocycles. The van der Waals surface area contributed by atoms with Crippen molar-refractivity contribution < 1.29 is 4.74 Å². The van der Waals surface area contributed by atoms with E-state index >= 15 is 0 Å². The molecule has 1 aliphatic heterocycles. The molecule has 2 N–H and O–H groups in total. The van der Waals surface area contributed by atoms with Gasteiger partial charge in [0.15, 0.2) is 5.88 Å². The van der Waals surface area contributed by atoms with Crippen molar-refractivity contribution in [3.05, 3.63) is 29.3 Å². The van der Waals surface area contributed by atoms with Crippen molar-refractivity contribution >= 4 is 22.5 Å². The van der Waals surface area contributed by atoms with Gasteiger partial charge in [0.1, 0.15) is 6.10 Å². The lowest BCUT2D eigenvalue weighted by Gasteiger charge is -2.09. The summed E-state index contributed by atoms with van der Waals surface area (Å²) in [6.45, 7) is 1.97. The van der Waals surface area contributed by atoms with Gasteiger partial charge in [-0.3, -0.25) is 0 Å². The van der Waals surface area contributed by atoms with Crippen LogP contribution in [-0.2, 0) is 0 Å². The van der Waals surface area contributed by atoms with Gasteiger partial charge in [-0.1, -0.05) is 11.6 Å². The molecule has 3 rings (SSSR count). The van der Waals surface area contributed by atoms with Gasteiger partial charge in [0.05, 0.1) is 0 Å². The van der Waals surface area contributed by atoms with E-state index in [1.54, 1.807) is 0 Å². The summed E-state index contributed by atoms with van der Waals surface area (Å²) < 4.78 is 5.84. The van der Waals surface area contributed by atoms with E-state index in [1.165, 1.54) is 0 Å². The maximum atomic E-state index is 5.93. The summed E-state index contributed by atoms with van der Waals surface area (Å²) in [5.74, 6) is 0.825. The molecule has 4 heteroatoms. The Balaban J connectivity index is 1.86. The number of hydrogen-bond donors (Lipinski definition) is 2. The average molecular weight is 237 g/mol. The van der Waals surface area contributed by atoms with Gasteiger partial charge in [-0.2, -0.15) is 0 Å². The van der Waals surface area contributed by atoms with Gasteiger partial charge in [-0.25, -0.2) is 0 Å². The summed E-state index contributed by atoms with van der Waals surface area (Å²) in [6.07, 6.45) is 1.35. The molecule has 2 aromatic rings. The minimum atomic E-state index is 0.281. The Hall–Kier alpha value is -1.19. The van der Waals surface area contributed by atoms with Crippen LogP contribution in [0.3, 0.4) is 0 Å². The molecule has 1 aromatic carbocycles. The second kappa shape index (κ2) is 4.00. The number of fused-ring (bicyclic) bond motifs is 1. The van der Waals surface area contributed by atoms with Crippen molar-refractivity contribution in [3.8, 4) is 5.88 Å². The molecular weight excluding hydrogens is 224 g/mol. The predicted octanol–water partition coefficient (Wildman–Crippen LogP) is 2.56. The molecule has 2 heterocycles. The Morgan fingerprint density at radius 2 is 2.25 bits per heavy atom. The Kier molecular flexibility index (Phi) is 2.50. The fourth-order valence-electron chi connectivity index (χ4n) is 2.05. The molecule has 1 aliphatic rings. The maximum Gasteiger partial charge on any atom is 0.192 e. The zero-order valence-corrected chi connectivity index (χ0v) is 9.55. The number of rotatable bonds is 2. The Bertz CT molecular complexity index is 503. The summed E-state index contributed by atoms with van der Waals surface area (Å²) in [6, 6.07) is 7.78. The third-order valence-electron chi connectivity index (χ3n) is 2.87. The first-order valence-corrected chi connectivity index (χ1v) is 5.85. The lowest BCUT2D eigenvalue weighted by molar-refractivity contribution is 0.216. The molecule has 0 amide bonds. The van der Waals surface area contributed by atoms with E-state index in [-0.39, 0.29) is 6.10 Å². The highest BCUT2D eigenvalue weighted by Gasteiger charge is 2.16. The molecule has 1 unspecified atom stereocenters. The second-order valence-electron chi connectivity index (χ2n) is 4.10. The highest BCUT2D eigenvalue weighted by atomic mass is 35.5. The van der Waals surface area contributed by atoms with Gasteiger partial charge in [0, 0.05) is 28.5 Å². The van der Waals surface area contributed by atoms with Crippen molar-refractivity contribution in [2.45, 2.75) is 12.5 Å². The second-order valence-corrected chi connectivity index (χ2v) is 4.53. The van der Waals surface area contributed by atoms with Gasteiger partial charge in [0.2, 0.25) is 0 Å². The fraction of sp³-hybridized carbons (Fsp3) is 0.333. The van der Waals surface area contributed by atoms with Crippen LogP contribution in [0, 0.1) is 0 Å².